The molecule has 1 aromatic carbocycles. The number of aryl methyl sites for hydroxylation is 1. The largest absolute Gasteiger partial charge is 0.339 e. The van der Waals surface area contributed by atoms with Gasteiger partial charge in [-0.05, 0) is 17.8 Å². The zero-order chi connectivity index (χ0) is 15.6. The number of hydrogen-bond donors (Lipinski definition) is 1. The molecule has 0 fully saturated rings. The zero-order valence-electron chi connectivity index (χ0n) is 10.6. The van der Waals surface area contributed by atoms with Crippen LogP contribution in [0.3, 0.4) is 0 Å². The van der Waals surface area contributed by atoms with Crippen molar-refractivity contribution in [2.24, 2.45) is 7.05 Å². The van der Waals surface area contributed by atoms with Crippen molar-refractivity contribution < 1.29 is 9.72 Å². The first-order chi connectivity index (χ1) is 9.92. The van der Waals surface area contributed by atoms with Gasteiger partial charge in [-0.15, -0.1) is 0 Å². The van der Waals surface area contributed by atoms with E-state index < -0.39 is 16.0 Å². The summed E-state index contributed by atoms with van der Waals surface area (Å²) < 4.78 is 1.19. The van der Waals surface area contributed by atoms with E-state index in [9.17, 15) is 24.5 Å². The van der Waals surface area contributed by atoms with Crippen LogP contribution in [0.4, 0.5) is 5.69 Å². The van der Waals surface area contributed by atoms with Gasteiger partial charge in [-0.2, -0.15) is 4.98 Å². The second-order valence-corrected chi connectivity index (χ2v) is 4.91. The van der Waals surface area contributed by atoms with Gasteiger partial charge < -0.3 is 0 Å². The summed E-state index contributed by atoms with van der Waals surface area (Å²) in [5.74, 6) is 0. The van der Waals surface area contributed by atoms with Gasteiger partial charge in [0.05, 0.1) is 9.82 Å². The van der Waals surface area contributed by atoms with Crippen LogP contribution in [-0.4, -0.2) is 26.0 Å². The van der Waals surface area contributed by atoms with E-state index in [-0.39, 0.29) is 21.3 Å². The van der Waals surface area contributed by atoms with Gasteiger partial charge in [-0.1, -0.05) is 6.07 Å². The molecule has 0 aliphatic carbocycles. The van der Waals surface area contributed by atoms with Gasteiger partial charge in [0, 0.05) is 18.7 Å². The number of carbonyl (C=O) groups is 1. The number of aromatic amines is 1. The average molecular weight is 308 g/mol. The molecule has 10 heteroatoms. The van der Waals surface area contributed by atoms with Crippen molar-refractivity contribution in [2.45, 2.75) is 10.1 Å². The number of carbonyl (C=O) groups excluding carboxylic acids is 1. The first-order valence-corrected chi connectivity index (χ1v) is 6.33. The molecule has 21 heavy (non-hydrogen) atoms. The fourth-order valence-electron chi connectivity index (χ4n) is 1.49. The molecule has 108 valence electrons. The lowest BCUT2D eigenvalue weighted by molar-refractivity contribution is -0.387. The third-order valence-corrected chi connectivity index (χ3v) is 3.58. The summed E-state index contributed by atoms with van der Waals surface area (Å²) in [5, 5.41) is 13.3. The second-order valence-electron chi connectivity index (χ2n) is 3.90. The van der Waals surface area contributed by atoms with Gasteiger partial charge in [-0.25, -0.2) is 0 Å². The minimum atomic E-state index is -0.984. The van der Waals surface area contributed by atoms with Gasteiger partial charge in [0.2, 0.25) is 0 Å². The van der Waals surface area contributed by atoms with Crippen molar-refractivity contribution in [3.8, 4) is 0 Å². The average Bonchev–Trinajstić information content (AvgIpc) is 2.44. The molecule has 0 bridgehead atoms. The Balaban J connectivity index is 2.51. The predicted octanol–water partition coefficient (Wildman–Crippen LogP) is 0.340. The van der Waals surface area contributed by atoms with Crippen LogP contribution < -0.4 is 11.1 Å². The number of H-pyrrole nitrogens is 1. The normalized spacial score (nSPS) is 10.3. The quantitative estimate of drug-likeness (QED) is 0.373. The Morgan fingerprint density at radius 2 is 2.14 bits per heavy atom. The maximum Gasteiger partial charge on any atom is 0.339 e. The topological polar surface area (TPSA) is 128 Å². The van der Waals surface area contributed by atoms with Gasteiger partial charge in [-0.3, -0.25) is 34.3 Å². The third-order valence-electron chi connectivity index (χ3n) is 2.46. The molecule has 0 saturated heterocycles. The summed E-state index contributed by atoms with van der Waals surface area (Å²) in [6, 6.07) is 3.91. The lowest BCUT2D eigenvalue weighted by atomic mass is 10.2. The lowest BCUT2D eigenvalue weighted by Gasteiger charge is -2.06. The predicted molar refractivity (Wildman–Crippen MR) is 72.7 cm³/mol. The van der Waals surface area contributed by atoms with Gasteiger partial charge in [0.25, 0.3) is 5.69 Å². The number of aromatic nitrogens is 3. The summed E-state index contributed by atoms with van der Waals surface area (Å²) in [6.07, 6.45) is 0.495. The Morgan fingerprint density at radius 3 is 2.76 bits per heavy atom. The van der Waals surface area contributed by atoms with E-state index in [1.165, 1.54) is 23.9 Å². The Hall–Kier alpha value is -2.75. The molecular weight excluding hydrogens is 300 g/mol. The molecule has 0 unspecified atom stereocenters. The van der Waals surface area contributed by atoms with E-state index in [1.807, 2.05) is 0 Å². The molecule has 1 heterocycles. The number of rotatable bonds is 4. The molecule has 2 rings (SSSR count). The molecule has 0 atom stereocenters. The van der Waals surface area contributed by atoms with Crippen LogP contribution in [-0.2, 0) is 7.05 Å². The van der Waals surface area contributed by atoms with E-state index in [0.717, 1.165) is 17.8 Å². The van der Waals surface area contributed by atoms with Crippen molar-refractivity contribution in [1.29, 1.82) is 0 Å². The Morgan fingerprint density at radius 1 is 1.43 bits per heavy atom. The summed E-state index contributed by atoms with van der Waals surface area (Å²) in [6.45, 7) is 0. The molecule has 0 amide bonds. The number of nitro groups is 1. The van der Waals surface area contributed by atoms with Gasteiger partial charge in [0.15, 0.2) is 5.16 Å². The van der Waals surface area contributed by atoms with Crippen molar-refractivity contribution in [1.82, 2.24) is 14.8 Å². The van der Waals surface area contributed by atoms with E-state index in [2.05, 4.69) is 10.1 Å². The minimum absolute atomic E-state index is 0.0848. The molecular formula is C11H8N4O5S. The fourth-order valence-corrected chi connectivity index (χ4v) is 2.37. The number of nitrogens with zero attached hydrogens (tertiary/aromatic N) is 3. The van der Waals surface area contributed by atoms with Crippen molar-refractivity contribution >= 4 is 23.7 Å². The highest BCUT2D eigenvalue weighted by atomic mass is 32.2. The molecule has 0 saturated carbocycles. The maximum atomic E-state index is 11.2. The summed E-state index contributed by atoms with van der Waals surface area (Å²) in [5.41, 5.74) is -1.99. The number of benzene rings is 1. The number of hydrogen-bond acceptors (Lipinski definition) is 7. The highest BCUT2D eigenvalue weighted by Gasteiger charge is 2.18. The molecule has 1 N–H and O–H groups in total. The molecule has 2 aromatic rings. The molecule has 0 spiro atoms. The number of nitro benzene ring substituents is 1. The Kier molecular flexibility index (Phi) is 3.98. The highest BCUT2D eigenvalue weighted by Crippen LogP contribution is 2.33. The standard InChI is InChI=1S/C11H8N4O5S/c1-14-11(12-9(17)10(18)13-14)21-8-3-2-6(5-16)4-7(8)15(19)20/h2-5H,1H3,(H,13,18). The zero-order valence-corrected chi connectivity index (χ0v) is 11.4. The van der Waals surface area contributed by atoms with E-state index in [0.29, 0.717) is 6.29 Å². The number of nitrogens with one attached hydrogen (secondary N) is 1. The SMILES string of the molecule is Cn1[nH]c(=O)c(=O)nc1Sc1ccc(C=O)cc1[N+](=O)[O-]. The van der Waals surface area contributed by atoms with Crippen LogP contribution in [0.2, 0.25) is 0 Å². The van der Waals surface area contributed by atoms with Crippen LogP contribution in [0.1, 0.15) is 10.4 Å². The molecule has 0 aliphatic heterocycles. The van der Waals surface area contributed by atoms with E-state index in [4.69, 9.17) is 0 Å². The van der Waals surface area contributed by atoms with Gasteiger partial charge >= 0.3 is 11.1 Å². The fraction of sp³-hybridized carbons (Fsp3) is 0.0909. The molecule has 1 aromatic heterocycles. The monoisotopic (exact) mass is 308 g/mol. The third kappa shape index (κ3) is 3.05. The van der Waals surface area contributed by atoms with Crippen LogP contribution >= 0.6 is 11.8 Å². The number of aldehydes is 1. The second kappa shape index (κ2) is 5.71. The maximum absolute atomic E-state index is 11.2. The molecule has 9 nitrogen and oxygen atoms in total. The molecule has 0 aliphatic rings. The van der Waals surface area contributed by atoms with Crippen molar-refractivity contribution in [2.75, 3.05) is 0 Å². The van der Waals surface area contributed by atoms with Crippen molar-refractivity contribution in [3.63, 3.8) is 0 Å². The van der Waals surface area contributed by atoms with E-state index in [1.54, 1.807) is 0 Å². The summed E-state index contributed by atoms with van der Waals surface area (Å²) >= 11 is 0.835. The van der Waals surface area contributed by atoms with Crippen LogP contribution in [0.15, 0.2) is 37.8 Å². The van der Waals surface area contributed by atoms with Crippen LogP contribution in [0, 0.1) is 10.1 Å². The first-order valence-electron chi connectivity index (χ1n) is 5.51. The summed E-state index contributed by atoms with van der Waals surface area (Å²) in [7, 11) is 1.45. The first kappa shape index (κ1) is 14.7. The molecule has 0 radical (unpaired) electrons. The van der Waals surface area contributed by atoms with Gasteiger partial charge in [0.1, 0.15) is 6.29 Å². The Labute approximate surface area is 120 Å². The minimum Gasteiger partial charge on any atom is -0.298 e. The van der Waals surface area contributed by atoms with Crippen LogP contribution in [0.5, 0.6) is 0 Å². The smallest absolute Gasteiger partial charge is 0.298 e. The highest BCUT2D eigenvalue weighted by molar-refractivity contribution is 7.99. The van der Waals surface area contributed by atoms with E-state index >= 15 is 0 Å². The van der Waals surface area contributed by atoms with Crippen molar-refractivity contribution in [3.05, 3.63) is 54.6 Å². The van der Waals surface area contributed by atoms with Crippen LogP contribution in [0.25, 0.3) is 0 Å². The lowest BCUT2D eigenvalue weighted by Crippen LogP contribution is -2.33. The Bertz CT molecular complexity index is 841. The summed E-state index contributed by atoms with van der Waals surface area (Å²) in [4.78, 5) is 47.1.